The monoisotopic (exact) mass is 465 g/mol. The molecule has 2 aromatic heterocycles. The van der Waals surface area contributed by atoms with Crippen molar-refractivity contribution in [2.75, 3.05) is 7.11 Å². The number of H-pyrrole nitrogens is 1. The Morgan fingerprint density at radius 2 is 1.97 bits per heavy atom. The molecule has 0 radical (unpaired) electrons. The molecule has 0 fully saturated rings. The van der Waals surface area contributed by atoms with Gasteiger partial charge in [-0.2, -0.15) is 0 Å². The molecule has 1 N–H and O–H groups in total. The zero-order chi connectivity index (χ0) is 22.7. The van der Waals surface area contributed by atoms with Crippen LogP contribution in [0.4, 0.5) is 0 Å². The number of methoxy groups -OCH3 is 1. The van der Waals surface area contributed by atoms with E-state index in [1.54, 1.807) is 41.5 Å². The number of carbonyl (C=O) groups excluding carboxylic acids is 1. The molecule has 0 aliphatic carbocycles. The number of ether oxygens (including phenoxy) is 1. The molecule has 1 amide bonds. The van der Waals surface area contributed by atoms with Crippen molar-refractivity contribution in [1.82, 2.24) is 14.5 Å². The second-order valence-corrected chi connectivity index (χ2v) is 8.71. The number of nitrogens with zero attached hydrogens (tertiary/aromatic N) is 2. The fourth-order valence-corrected chi connectivity index (χ4v) is 4.73. The highest BCUT2D eigenvalue weighted by Crippen LogP contribution is 2.23. The lowest BCUT2D eigenvalue weighted by Gasteiger charge is -2.23. The number of rotatable bonds is 7. The molecule has 2 heterocycles. The van der Waals surface area contributed by atoms with Crippen LogP contribution in [0.15, 0.2) is 64.8 Å². The molecule has 0 saturated carbocycles. The number of para-hydroxylation sites is 1. The van der Waals surface area contributed by atoms with E-state index in [9.17, 15) is 9.59 Å². The van der Waals surface area contributed by atoms with Gasteiger partial charge in [0, 0.05) is 22.5 Å². The molecule has 32 heavy (non-hydrogen) atoms. The normalized spacial score (nSPS) is 10.9. The molecule has 8 heteroatoms. The lowest BCUT2D eigenvalue weighted by Crippen LogP contribution is -2.30. The number of thiophene rings is 1. The zero-order valence-electron chi connectivity index (χ0n) is 17.8. The van der Waals surface area contributed by atoms with Crippen LogP contribution in [0.2, 0.25) is 0 Å². The van der Waals surface area contributed by atoms with Gasteiger partial charge in [0.05, 0.1) is 31.1 Å². The van der Waals surface area contributed by atoms with Gasteiger partial charge in [-0.3, -0.25) is 14.2 Å². The summed E-state index contributed by atoms with van der Waals surface area (Å²) in [5, 5.41) is 2.50. The van der Waals surface area contributed by atoms with Gasteiger partial charge in [-0.1, -0.05) is 24.3 Å². The SMILES string of the molecule is CCn1c(=S)[nH]c2cc(C(=O)N(Cc3cccs3)Cc3ccccc3OC)ccc2c1=O. The summed E-state index contributed by atoms with van der Waals surface area (Å²) >= 11 is 6.92. The predicted octanol–water partition coefficient (Wildman–Crippen LogP) is 4.99. The average molecular weight is 466 g/mol. The Morgan fingerprint density at radius 1 is 1.16 bits per heavy atom. The van der Waals surface area contributed by atoms with E-state index in [0.717, 1.165) is 16.2 Å². The third-order valence-electron chi connectivity index (χ3n) is 5.31. The van der Waals surface area contributed by atoms with Crippen molar-refractivity contribution in [2.45, 2.75) is 26.6 Å². The maximum Gasteiger partial charge on any atom is 0.262 e. The van der Waals surface area contributed by atoms with Gasteiger partial charge in [0.15, 0.2) is 4.77 Å². The van der Waals surface area contributed by atoms with E-state index < -0.39 is 0 Å². The van der Waals surface area contributed by atoms with E-state index in [1.165, 1.54) is 4.57 Å². The zero-order valence-corrected chi connectivity index (χ0v) is 19.5. The molecule has 0 spiro atoms. The standard InChI is InChI=1S/C24H23N3O3S2/c1-3-27-23(29)19-11-10-16(13-20(19)25-24(27)31)22(28)26(15-18-8-6-12-32-18)14-17-7-4-5-9-21(17)30-2/h4-13H,3,14-15H2,1-2H3,(H,25,31). The van der Waals surface area contributed by atoms with Crippen LogP contribution >= 0.6 is 23.6 Å². The van der Waals surface area contributed by atoms with Crippen LogP contribution in [-0.4, -0.2) is 27.5 Å². The first-order valence-electron chi connectivity index (χ1n) is 10.2. The third-order valence-corrected chi connectivity index (χ3v) is 6.50. The number of hydrogen-bond donors (Lipinski definition) is 1. The van der Waals surface area contributed by atoms with Gasteiger partial charge in [-0.05, 0) is 54.9 Å². The highest BCUT2D eigenvalue weighted by molar-refractivity contribution is 7.71. The van der Waals surface area contributed by atoms with Crippen molar-refractivity contribution in [3.8, 4) is 5.75 Å². The molecule has 6 nitrogen and oxygen atoms in total. The Balaban J connectivity index is 1.73. The van der Waals surface area contributed by atoms with E-state index >= 15 is 0 Å². The number of nitrogens with one attached hydrogen (secondary N) is 1. The highest BCUT2D eigenvalue weighted by Gasteiger charge is 2.20. The third kappa shape index (κ3) is 4.37. The molecule has 4 rings (SSSR count). The van der Waals surface area contributed by atoms with Crippen molar-refractivity contribution in [1.29, 1.82) is 0 Å². The second kappa shape index (κ2) is 9.50. The first-order chi connectivity index (χ1) is 15.5. The Bertz CT molecular complexity index is 1370. The summed E-state index contributed by atoms with van der Waals surface area (Å²) < 4.78 is 7.33. The summed E-state index contributed by atoms with van der Waals surface area (Å²) in [5.74, 6) is 0.601. The van der Waals surface area contributed by atoms with E-state index in [-0.39, 0.29) is 11.5 Å². The first kappa shape index (κ1) is 22.0. The van der Waals surface area contributed by atoms with Crippen LogP contribution in [0.1, 0.15) is 27.7 Å². The van der Waals surface area contributed by atoms with E-state index in [2.05, 4.69) is 4.98 Å². The number of amides is 1. The van der Waals surface area contributed by atoms with Gasteiger partial charge in [-0.25, -0.2) is 0 Å². The van der Waals surface area contributed by atoms with Gasteiger partial charge < -0.3 is 14.6 Å². The quantitative estimate of drug-likeness (QED) is 0.391. The summed E-state index contributed by atoms with van der Waals surface area (Å²) in [5.41, 5.74) is 1.81. The smallest absolute Gasteiger partial charge is 0.262 e. The van der Waals surface area contributed by atoms with Crippen molar-refractivity contribution in [2.24, 2.45) is 0 Å². The largest absolute Gasteiger partial charge is 0.496 e. The fraction of sp³-hybridized carbons (Fsp3) is 0.208. The molecular formula is C24H23N3O3S2. The Morgan fingerprint density at radius 3 is 2.69 bits per heavy atom. The number of aromatic nitrogens is 2. The molecule has 0 unspecified atom stereocenters. The Kier molecular flexibility index (Phi) is 6.53. The lowest BCUT2D eigenvalue weighted by molar-refractivity contribution is 0.0731. The van der Waals surface area contributed by atoms with Crippen molar-refractivity contribution in [3.05, 3.63) is 91.1 Å². The van der Waals surface area contributed by atoms with Gasteiger partial charge in [0.2, 0.25) is 0 Å². The number of fused-ring (bicyclic) bond motifs is 1. The molecule has 0 saturated heterocycles. The van der Waals surface area contributed by atoms with Gasteiger partial charge >= 0.3 is 0 Å². The Hall–Kier alpha value is -3.23. The molecule has 0 aliphatic heterocycles. The topological polar surface area (TPSA) is 67.3 Å². The maximum atomic E-state index is 13.6. The molecule has 2 aromatic carbocycles. The minimum absolute atomic E-state index is 0.134. The van der Waals surface area contributed by atoms with E-state index in [0.29, 0.717) is 40.9 Å². The van der Waals surface area contributed by atoms with Crippen molar-refractivity contribution in [3.63, 3.8) is 0 Å². The fourth-order valence-electron chi connectivity index (χ4n) is 3.69. The van der Waals surface area contributed by atoms with Crippen LogP contribution < -0.4 is 10.3 Å². The number of hydrogen-bond acceptors (Lipinski definition) is 5. The van der Waals surface area contributed by atoms with E-state index in [1.807, 2.05) is 48.7 Å². The Labute approximate surface area is 194 Å². The van der Waals surface area contributed by atoms with Crippen LogP contribution in [0.3, 0.4) is 0 Å². The lowest BCUT2D eigenvalue weighted by atomic mass is 10.1. The minimum Gasteiger partial charge on any atom is -0.496 e. The average Bonchev–Trinajstić information content (AvgIpc) is 3.31. The number of carbonyl (C=O) groups is 1. The first-order valence-corrected chi connectivity index (χ1v) is 11.5. The summed E-state index contributed by atoms with van der Waals surface area (Å²) in [4.78, 5) is 32.2. The number of benzene rings is 2. The van der Waals surface area contributed by atoms with Gasteiger partial charge in [0.1, 0.15) is 5.75 Å². The molecular weight excluding hydrogens is 442 g/mol. The summed E-state index contributed by atoms with van der Waals surface area (Å²) in [7, 11) is 1.62. The molecule has 164 valence electrons. The molecule has 0 atom stereocenters. The van der Waals surface area contributed by atoms with Gasteiger partial charge in [-0.15, -0.1) is 11.3 Å². The summed E-state index contributed by atoms with van der Waals surface area (Å²) in [6.45, 7) is 3.22. The van der Waals surface area contributed by atoms with Crippen LogP contribution in [-0.2, 0) is 19.6 Å². The summed E-state index contributed by atoms with van der Waals surface area (Å²) in [6.07, 6.45) is 0. The molecule has 0 aliphatic rings. The van der Waals surface area contributed by atoms with Gasteiger partial charge in [0.25, 0.3) is 11.5 Å². The van der Waals surface area contributed by atoms with Crippen LogP contribution in [0, 0.1) is 4.77 Å². The molecule has 4 aromatic rings. The highest BCUT2D eigenvalue weighted by atomic mass is 32.1. The second-order valence-electron chi connectivity index (χ2n) is 7.29. The van der Waals surface area contributed by atoms with Crippen LogP contribution in [0.5, 0.6) is 5.75 Å². The van der Waals surface area contributed by atoms with Crippen LogP contribution in [0.25, 0.3) is 10.9 Å². The number of aromatic amines is 1. The minimum atomic E-state index is -0.158. The van der Waals surface area contributed by atoms with Crippen molar-refractivity contribution >= 4 is 40.4 Å². The predicted molar refractivity (Wildman–Crippen MR) is 130 cm³/mol. The van der Waals surface area contributed by atoms with Crippen molar-refractivity contribution < 1.29 is 9.53 Å². The molecule has 0 bridgehead atoms. The van der Waals surface area contributed by atoms with E-state index in [4.69, 9.17) is 17.0 Å². The maximum absolute atomic E-state index is 13.6. The summed E-state index contributed by atoms with van der Waals surface area (Å²) in [6, 6.07) is 16.8.